The SMILES string of the molecule is COc1cc2c(cc1OC)[C@@H](c1cccs1)N(C(=O)c1cc3c(C)nn(-c4ccccc4Cl)c3s1)CC2. The Bertz CT molecular complexity index is 1620. The van der Waals surface area contributed by atoms with Crippen LogP contribution in [-0.2, 0) is 6.42 Å². The third-order valence-corrected chi connectivity index (χ3v) is 9.13. The first-order valence-corrected chi connectivity index (χ1v) is 13.9. The predicted molar refractivity (Wildman–Crippen MR) is 149 cm³/mol. The Morgan fingerprint density at radius 3 is 2.59 bits per heavy atom. The van der Waals surface area contributed by atoms with Crippen molar-refractivity contribution >= 4 is 50.4 Å². The Morgan fingerprint density at radius 1 is 1.08 bits per heavy atom. The van der Waals surface area contributed by atoms with E-state index in [1.54, 1.807) is 25.6 Å². The van der Waals surface area contributed by atoms with Crippen LogP contribution in [0.25, 0.3) is 15.9 Å². The summed E-state index contributed by atoms with van der Waals surface area (Å²) >= 11 is 9.59. The first-order valence-electron chi connectivity index (χ1n) is 11.8. The number of para-hydroxylation sites is 1. The molecule has 6 nitrogen and oxygen atoms in total. The molecule has 1 aliphatic heterocycles. The van der Waals surface area contributed by atoms with Crippen molar-refractivity contribution in [2.24, 2.45) is 0 Å². The van der Waals surface area contributed by atoms with Crippen LogP contribution in [0, 0.1) is 6.92 Å². The molecule has 188 valence electrons. The number of methoxy groups -OCH3 is 2. The maximum absolute atomic E-state index is 14.1. The van der Waals surface area contributed by atoms with Crippen LogP contribution in [-0.4, -0.2) is 41.4 Å². The maximum atomic E-state index is 14.1. The number of nitrogens with zero attached hydrogens (tertiary/aromatic N) is 3. The number of amides is 1. The Balaban J connectivity index is 1.44. The van der Waals surface area contributed by atoms with Crippen molar-refractivity contribution in [2.75, 3.05) is 20.8 Å². The maximum Gasteiger partial charge on any atom is 0.264 e. The van der Waals surface area contributed by atoms with Crippen LogP contribution in [0.5, 0.6) is 11.5 Å². The third-order valence-electron chi connectivity index (χ3n) is 6.78. The molecule has 4 heterocycles. The molecule has 0 aliphatic carbocycles. The van der Waals surface area contributed by atoms with E-state index >= 15 is 0 Å². The molecule has 9 heteroatoms. The van der Waals surface area contributed by atoms with Crippen LogP contribution in [0.1, 0.15) is 37.4 Å². The van der Waals surface area contributed by atoms with Crippen molar-refractivity contribution in [3.05, 3.63) is 91.6 Å². The monoisotopic (exact) mass is 549 g/mol. The van der Waals surface area contributed by atoms with Crippen molar-refractivity contribution < 1.29 is 14.3 Å². The molecule has 1 amide bonds. The standard InChI is InChI=1S/C28H24ClN3O3S2/c1-16-18-15-25(37-28(18)32(30-16)21-8-5-4-7-20(21)29)27(33)31-11-10-17-13-22(34-2)23(35-3)14-19(17)26(31)24-9-6-12-36-24/h4-9,12-15,26H,10-11H2,1-3H3/t26-/m0/s1. The number of aryl methyl sites for hydroxylation is 1. The minimum absolute atomic E-state index is 0.00476. The second kappa shape index (κ2) is 9.52. The predicted octanol–water partition coefficient (Wildman–Crippen LogP) is 6.92. The molecular formula is C28H24ClN3O3S2. The molecule has 1 aliphatic rings. The van der Waals surface area contributed by atoms with Crippen LogP contribution in [0.2, 0.25) is 5.02 Å². The minimum Gasteiger partial charge on any atom is -0.493 e. The summed E-state index contributed by atoms with van der Waals surface area (Å²) in [6.07, 6.45) is 0.737. The highest BCUT2D eigenvalue weighted by Crippen LogP contribution is 2.43. The van der Waals surface area contributed by atoms with E-state index in [-0.39, 0.29) is 11.9 Å². The largest absolute Gasteiger partial charge is 0.493 e. The van der Waals surface area contributed by atoms with E-state index in [1.807, 2.05) is 70.4 Å². The van der Waals surface area contributed by atoms with Gasteiger partial charge in [-0.1, -0.05) is 29.8 Å². The number of carbonyl (C=O) groups excluding carboxylic acids is 1. The molecule has 5 aromatic rings. The summed E-state index contributed by atoms with van der Waals surface area (Å²) in [6, 6.07) is 17.5. The Hall–Kier alpha value is -3.33. The number of fused-ring (bicyclic) bond motifs is 2. The number of aromatic nitrogens is 2. The normalized spacial score (nSPS) is 15.1. The van der Waals surface area contributed by atoms with E-state index in [0.29, 0.717) is 27.9 Å². The molecule has 0 saturated heterocycles. The van der Waals surface area contributed by atoms with Crippen LogP contribution in [0.15, 0.2) is 60.0 Å². The fourth-order valence-corrected chi connectivity index (χ4v) is 7.20. The second-order valence-electron chi connectivity index (χ2n) is 8.85. The zero-order valence-corrected chi connectivity index (χ0v) is 22.9. The average Bonchev–Trinajstić information content (AvgIpc) is 3.66. The smallest absolute Gasteiger partial charge is 0.264 e. The average molecular weight is 550 g/mol. The van der Waals surface area contributed by atoms with Gasteiger partial charge in [0.25, 0.3) is 5.91 Å². The Labute approximate surface area is 227 Å². The van der Waals surface area contributed by atoms with E-state index in [9.17, 15) is 4.79 Å². The molecule has 3 aromatic heterocycles. The van der Waals surface area contributed by atoms with Gasteiger partial charge in [-0.25, -0.2) is 4.68 Å². The molecule has 0 radical (unpaired) electrons. The fraction of sp³-hybridized carbons (Fsp3) is 0.214. The van der Waals surface area contributed by atoms with Gasteiger partial charge in [-0.15, -0.1) is 22.7 Å². The zero-order chi connectivity index (χ0) is 25.7. The number of ether oxygens (including phenoxy) is 2. The van der Waals surface area contributed by atoms with Crippen molar-refractivity contribution in [3.63, 3.8) is 0 Å². The molecule has 0 N–H and O–H groups in total. The van der Waals surface area contributed by atoms with Gasteiger partial charge in [0.15, 0.2) is 11.5 Å². The summed E-state index contributed by atoms with van der Waals surface area (Å²) in [5, 5.41) is 8.33. The first-order chi connectivity index (χ1) is 18.0. The van der Waals surface area contributed by atoms with Gasteiger partial charge in [-0.05, 0) is 66.2 Å². The summed E-state index contributed by atoms with van der Waals surface area (Å²) in [5.74, 6) is 1.37. The lowest BCUT2D eigenvalue weighted by molar-refractivity contribution is 0.0702. The van der Waals surface area contributed by atoms with Crippen molar-refractivity contribution in [1.29, 1.82) is 0 Å². The lowest BCUT2D eigenvalue weighted by Crippen LogP contribution is -2.40. The first kappa shape index (κ1) is 24.0. The lowest BCUT2D eigenvalue weighted by atomic mass is 9.90. The highest BCUT2D eigenvalue weighted by atomic mass is 35.5. The van der Waals surface area contributed by atoms with Crippen molar-refractivity contribution in [1.82, 2.24) is 14.7 Å². The van der Waals surface area contributed by atoms with E-state index in [2.05, 4.69) is 6.07 Å². The molecule has 6 rings (SSSR count). The van der Waals surface area contributed by atoms with Crippen LogP contribution >= 0.6 is 34.3 Å². The van der Waals surface area contributed by atoms with Gasteiger partial charge in [0.05, 0.1) is 41.5 Å². The molecule has 0 saturated carbocycles. The van der Waals surface area contributed by atoms with Crippen molar-refractivity contribution in [3.8, 4) is 17.2 Å². The number of thiophene rings is 2. The van der Waals surface area contributed by atoms with Gasteiger partial charge in [0.1, 0.15) is 4.83 Å². The minimum atomic E-state index is -0.206. The van der Waals surface area contributed by atoms with Crippen LogP contribution in [0.4, 0.5) is 0 Å². The molecule has 0 spiro atoms. The third kappa shape index (κ3) is 4.00. The van der Waals surface area contributed by atoms with Gasteiger partial charge in [0.2, 0.25) is 0 Å². The molecule has 1 atom stereocenters. The van der Waals surface area contributed by atoms with Crippen LogP contribution in [0.3, 0.4) is 0 Å². The van der Waals surface area contributed by atoms with Gasteiger partial charge in [-0.2, -0.15) is 5.10 Å². The number of hydrogen-bond donors (Lipinski definition) is 0. The molecule has 2 aromatic carbocycles. The topological polar surface area (TPSA) is 56.6 Å². The number of halogens is 1. The highest BCUT2D eigenvalue weighted by molar-refractivity contribution is 7.20. The lowest BCUT2D eigenvalue weighted by Gasteiger charge is -2.37. The number of rotatable bonds is 5. The number of hydrogen-bond acceptors (Lipinski definition) is 6. The molecule has 37 heavy (non-hydrogen) atoms. The quantitative estimate of drug-likeness (QED) is 0.239. The van der Waals surface area contributed by atoms with E-state index in [0.717, 1.165) is 38.5 Å². The Kier molecular flexibility index (Phi) is 6.18. The van der Waals surface area contributed by atoms with E-state index < -0.39 is 0 Å². The van der Waals surface area contributed by atoms with Crippen molar-refractivity contribution in [2.45, 2.75) is 19.4 Å². The summed E-state index contributed by atoms with van der Waals surface area (Å²) in [5.41, 5.74) is 3.90. The summed E-state index contributed by atoms with van der Waals surface area (Å²) in [4.78, 5) is 18.8. The molecule has 0 unspecified atom stereocenters. The number of carbonyl (C=O) groups is 1. The second-order valence-corrected chi connectivity index (χ2v) is 11.3. The molecular weight excluding hydrogens is 526 g/mol. The van der Waals surface area contributed by atoms with E-state index in [4.69, 9.17) is 26.2 Å². The van der Waals surface area contributed by atoms with Gasteiger partial charge in [0, 0.05) is 16.8 Å². The van der Waals surface area contributed by atoms with Gasteiger partial charge >= 0.3 is 0 Å². The summed E-state index contributed by atoms with van der Waals surface area (Å²) in [7, 11) is 3.28. The fourth-order valence-electron chi connectivity index (χ4n) is 5.00. The summed E-state index contributed by atoms with van der Waals surface area (Å²) < 4.78 is 13.0. The van der Waals surface area contributed by atoms with Gasteiger partial charge < -0.3 is 14.4 Å². The molecule has 0 bridgehead atoms. The van der Waals surface area contributed by atoms with E-state index in [1.165, 1.54) is 16.9 Å². The summed E-state index contributed by atoms with van der Waals surface area (Å²) in [6.45, 7) is 2.57. The molecule has 0 fully saturated rings. The highest BCUT2D eigenvalue weighted by Gasteiger charge is 2.35. The van der Waals surface area contributed by atoms with Crippen LogP contribution < -0.4 is 9.47 Å². The zero-order valence-electron chi connectivity index (χ0n) is 20.5. The number of benzene rings is 2. The Morgan fingerprint density at radius 2 is 1.86 bits per heavy atom. The van der Waals surface area contributed by atoms with Gasteiger partial charge in [-0.3, -0.25) is 4.79 Å².